The molecule has 5 nitrogen and oxygen atoms in total. The number of piperidine rings is 1. The Hall–Kier alpha value is -1.47. The molecule has 0 radical (unpaired) electrons. The number of hydrogen-bond donors (Lipinski definition) is 2. The molecule has 1 aromatic heterocycles. The van der Waals surface area contributed by atoms with Gasteiger partial charge < -0.3 is 10.1 Å². The molecule has 2 N–H and O–H groups in total. The first-order valence-corrected chi connectivity index (χ1v) is 9.50. The van der Waals surface area contributed by atoms with Crippen LogP contribution in [0.1, 0.15) is 29.0 Å². The van der Waals surface area contributed by atoms with Gasteiger partial charge in [-0.05, 0) is 44.5 Å². The molecule has 0 bridgehead atoms. The number of carbonyl (C=O) groups is 1. The van der Waals surface area contributed by atoms with Gasteiger partial charge in [0, 0.05) is 23.4 Å². The number of ether oxygens (including phenoxy) is 1. The van der Waals surface area contributed by atoms with Gasteiger partial charge in [-0.3, -0.25) is 10.1 Å². The molecule has 0 aliphatic carbocycles. The van der Waals surface area contributed by atoms with Gasteiger partial charge in [0.05, 0.1) is 5.69 Å². The van der Waals surface area contributed by atoms with Gasteiger partial charge in [0.1, 0.15) is 5.60 Å². The number of hydrogen-bond acceptors (Lipinski definition) is 5. The van der Waals surface area contributed by atoms with Gasteiger partial charge in [0.15, 0.2) is 5.13 Å². The van der Waals surface area contributed by atoms with E-state index in [2.05, 4.69) is 15.6 Å². The van der Waals surface area contributed by atoms with Gasteiger partial charge in [-0.1, -0.05) is 29.8 Å². The Labute approximate surface area is 156 Å². The van der Waals surface area contributed by atoms with Crippen LogP contribution in [0.2, 0.25) is 5.02 Å². The lowest BCUT2D eigenvalue weighted by atomic mass is 9.91. The Kier molecular flexibility index (Phi) is 5.74. The second-order valence-corrected chi connectivity index (χ2v) is 7.69. The maximum atomic E-state index is 12.7. The highest BCUT2D eigenvalue weighted by Crippen LogP contribution is 2.30. The average Bonchev–Trinajstić information content (AvgIpc) is 2.96. The number of benzene rings is 1. The zero-order valence-electron chi connectivity index (χ0n) is 14.4. The SMILES string of the molecule is COC1(C(=O)Nc2nc(C)c(Cc3ccccc3Cl)s2)CCNCC1. The number of methoxy groups -OCH3 is 1. The summed E-state index contributed by atoms with van der Waals surface area (Å²) in [4.78, 5) is 18.3. The highest BCUT2D eigenvalue weighted by Gasteiger charge is 2.40. The minimum atomic E-state index is -0.770. The molecule has 1 saturated heterocycles. The van der Waals surface area contributed by atoms with Crippen LogP contribution in [0.15, 0.2) is 24.3 Å². The molecule has 0 unspecified atom stereocenters. The maximum absolute atomic E-state index is 12.7. The first-order valence-electron chi connectivity index (χ1n) is 8.31. The van der Waals surface area contributed by atoms with E-state index in [0.717, 1.165) is 34.2 Å². The van der Waals surface area contributed by atoms with Crippen LogP contribution in [0, 0.1) is 6.92 Å². The number of aryl methyl sites for hydroxylation is 1. The normalized spacial score (nSPS) is 16.6. The molecule has 1 aliphatic rings. The molecule has 134 valence electrons. The number of anilines is 1. The molecule has 0 spiro atoms. The lowest BCUT2D eigenvalue weighted by Crippen LogP contribution is -2.51. The molecule has 0 atom stereocenters. The summed E-state index contributed by atoms with van der Waals surface area (Å²) in [6.45, 7) is 3.50. The minimum Gasteiger partial charge on any atom is -0.368 e. The zero-order chi connectivity index (χ0) is 17.9. The summed E-state index contributed by atoms with van der Waals surface area (Å²) in [7, 11) is 1.60. The summed E-state index contributed by atoms with van der Waals surface area (Å²) in [5.41, 5.74) is 1.20. The van der Waals surface area contributed by atoms with Gasteiger partial charge in [0.2, 0.25) is 0 Å². The van der Waals surface area contributed by atoms with Gasteiger partial charge in [-0.25, -0.2) is 4.98 Å². The first kappa shape index (κ1) is 18.3. The van der Waals surface area contributed by atoms with Gasteiger partial charge in [0.25, 0.3) is 5.91 Å². The summed E-state index contributed by atoms with van der Waals surface area (Å²) >= 11 is 7.74. The first-order chi connectivity index (χ1) is 12.0. The number of aromatic nitrogens is 1. The van der Waals surface area contributed by atoms with E-state index in [9.17, 15) is 4.79 Å². The van der Waals surface area contributed by atoms with E-state index >= 15 is 0 Å². The summed E-state index contributed by atoms with van der Waals surface area (Å²) in [6.07, 6.45) is 2.02. The fraction of sp³-hybridized carbons (Fsp3) is 0.444. The van der Waals surface area contributed by atoms with Crippen LogP contribution < -0.4 is 10.6 Å². The van der Waals surface area contributed by atoms with Crippen molar-refractivity contribution in [2.75, 3.05) is 25.5 Å². The summed E-state index contributed by atoms with van der Waals surface area (Å²) < 4.78 is 5.57. The van der Waals surface area contributed by atoms with Crippen molar-refractivity contribution in [3.05, 3.63) is 45.4 Å². The van der Waals surface area contributed by atoms with E-state index in [4.69, 9.17) is 16.3 Å². The molecular weight excluding hydrogens is 358 g/mol. The molecule has 1 aromatic carbocycles. The van der Waals surface area contributed by atoms with E-state index < -0.39 is 5.60 Å². The van der Waals surface area contributed by atoms with Crippen molar-refractivity contribution in [1.29, 1.82) is 0 Å². The Morgan fingerprint density at radius 3 is 2.80 bits per heavy atom. The lowest BCUT2D eigenvalue weighted by molar-refractivity contribution is -0.140. The van der Waals surface area contributed by atoms with Crippen molar-refractivity contribution >= 4 is 34.0 Å². The quantitative estimate of drug-likeness (QED) is 0.835. The fourth-order valence-electron chi connectivity index (χ4n) is 3.03. The molecule has 1 fully saturated rings. The fourth-order valence-corrected chi connectivity index (χ4v) is 4.21. The molecule has 3 rings (SSSR count). The van der Waals surface area contributed by atoms with E-state index in [1.165, 1.54) is 11.3 Å². The van der Waals surface area contributed by atoms with Crippen molar-refractivity contribution in [3.63, 3.8) is 0 Å². The van der Waals surface area contributed by atoms with Crippen molar-refractivity contribution in [2.24, 2.45) is 0 Å². The van der Waals surface area contributed by atoms with Crippen molar-refractivity contribution < 1.29 is 9.53 Å². The van der Waals surface area contributed by atoms with Crippen LogP contribution in [0.4, 0.5) is 5.13 Å². The second-order valence-electron chi connectivity index (χ2n) is 6.20. The second kappa shape index (κ2) is 7.83. The largest absolute Gasteiger partial charge is 0.368 e. The third-order valence-electron chi connectivity index (χ3n) is 4.64. The van der Waals surface area contributed by atoms with Crippen LogP contribution in [-0.2, 0) is 16.0 Å². The highest BCUT2D eigenvalue weighted by atomic mass is 35.5. The molecule has 0 saturated carbocycles. The van der Waals surface area contributed by atoms with E-state index in [0.29, 0.717) is 24.4 Å². The van der Waals surface area contributed by atoms with Gasteiger partial charge in [-0.15, -0.1) is 11.3 Å². The molecule has 25 heavy (non-hydrogen) atoms. The number of halogens is 1. The summed E-state index contributed by atoms with van der Waals surface area (Å²) in [6, 6.07) is 7.78. The van der Waals surface area contributed by atoms with E-state index in [1.807, 2.05) is 31.2 Å². The summed E-state index contributed by atoms with van der Waals surface area (Å²) in [5, 5.41) is 7.56. The minimum absolute atomic E-state index is 0.116. The molecule has 2 heterocycles. The van der Waals surface area contributed by atoms with Crippen LogP contribution in [0.3, 0.4) is 0 Å². The monoisotopic (exact) mass is 379 g/mol. The standard InChI is InChI=1S/C18H22ClN3O2S/c1-12-15(11-13-5-3-4-6-14(13)19)25-17(21-12)22-16(23)18(24-2)7-9-20-10-8-18/h3-6,20H,7-11H2,1-2H3,(H,21,22,23). The average molecular weight is 380 g/mol. The smallest absolute Gasteiger partial charge is 0.258 e. The lowest BCUT2D eigenvalue weighted by Gasteiger charge is -2.34. The van der Waals surface area contributed by atoms with Crippen molar-refractivity contribution in [1.82, 2.24) is 10.3 Å². The van der Waals surface area contributed by atoms with Crippen LogP contribution in [0.25, 0.3) is 0 Å². The van der Waals surface area contributed by atoms with Crippen LogP contribution in [-0.4, -0.2) is 36.7 Å². The Morgan fingerprint density at radius 1 is 1.40 bits per heavy atom. The Balaban J connectivity index is 1.74. The van der Waals surface area contributed by atoms with E-state index in [1.54, 1.807) is 7.11 Å². The predicted octanol–water partition coefficient (Wildman–Crippen LogP) is 3.40. The topological polar surface area (TPSA) is 63.2 Å². The molecular formula is C18H22ClN3O2S. The van der Waals surface area contributed by atoms with Crippen LogP contribution >= 0.6 is 22.9 Å². The van der Waals surface area contributed by atoms with Gasteiger partial charge in [-0.2, -0.15) is 0 Å². The third kappa shape index (κ3) is 4.03. The van der Waals surface area contributed by atoms with Crippen molar-refractivity contribution in [3.8, 4) is 0 Å². The number of nitrogens with zero attached hydrogens (tertiary/aromatic N) is 1. The third-order valence-corrected chi connectivity index (χ3v) is 6.08. The number of carbonyl (C=O) groups excluding carboxylic acids is 1. The number of rotatable bonds is 5. The van der Waals surface area contributed by atoms with E-state index in [-0.39, 0.29) is 5.91 Å². The highest BCUT2D eigenvalue weighted by molar-refractivity contribution is 7.15. The molecule has 7 heteroatoms. The van der Waals surface area contributed by atoms with Gasteiger partial charge >= 0.3 is 0 Å². The Bertz CT molecular complexity index is 757. The molecule has 1 aliphatic heterocycles. The Morgan fingerprint density at radius 2 is 2.12 bits per heavy atom. The van der Waals surface area contributed by atoms with Crippen LogP contribution in [0.5, 0.6) is 0 Å². The number of thiazole rings is 1. The number of nitrogens with one attached hydrogen (secondary N) is 2. The maximum Gasteiger partial charge on any atom is 0.258 e. The zero-order valence-corrected chi connectivity index (χ0v) is 16.0. The van der Waals surface area contributed by atoms with Crippen molar-refractivity contribution in [2.45, 2.75) is 31.8 Å². The predicted molar refractivity (Wildman–Crippen MR) is 102 cm³/mol. The summed E-state index contributed by atoms with van der Waals surface area (Å²) in [5.74, 6) is -0.116. The molecule has 2 aromatic rings. The number of amides is 1. The molecule has 1 amide bonds.